The lowest BCUT2D eigenvalue weighted by molar-refractivity contribution is -0.117. The van der Waals surface area contributed by atoms with Gasteiger partial charge >= 0.3 is 0 Å². The molecule has 2 heterocycles. The number of anilines is 1. The van der Waals surface area contributed by atoms with Crippen molar-refractivity contribution in [1.82, 2.24) is 14.9 Å². The van der Waals surface area contributed by atoms with Crippen LogP contribution in [0.5, 0.6) is 0 Å². The number of imidazole rings is 1. The number of aromatic nitrogens is 2. The fourth-order valence-electron chi connectivity index (χ4n) is 2.44. The van der Waals surface area contributed by atoms with Gasteiger partial charge in [0.05, 0.1) is 17.4 Å². The van der Waals surface area contributed by atoms with Crippen LogP contribution in [0.4, 0.5) is 5.69 Å². The van der Waals surface area contributed by atoms with Gasteiger partial charge in [-0.2, -0.15) is 0 Å². The molecule has 94 valence electrons. The first-order chi connectivity index (χ1) is 8.69. The van der Waals surface area contributed by atoms with Crippen molar-refractivity contribution in [2.45, 2.75) is 12.5 Å². The molecule has 1 aliphatic heterocycles. The maximum atomic E-state index is 11.9. The number of carbonyl (C=O) groups excluding carboxylic acids is 1. The van der Waals surface area contributed by atoms with E-state index in [1.54, 1.807) is 6.33 Å². The first-order valence-corrected chi connectivity index (χ1v) is 6.08. The average Bonchev–Trinajstić information content (AvgIpc) is 2.93. The minimum Gasteiger partial charge on any atom is -0.334 e. The van der Waals surface area contributed by atoms with Gasteiger partial charge in [0.15, 0.2) is 0 Å². The summed E-state index contributed by atoms with van der Waals surface area (Å²) in [6.45, 7) is 0.730. The molecule has 1 aliphatic rings. The molecule has 1 saturated heterocycles. The summed E-state index contributed by atoms with van der Waals surface area (Å²) in [5.41, 5.74) is 2.94. The van der Waals surface area contributed by atoms with Gasteiger partial charge in [-0.15, -0.1) is 0 Å². The number of hydrogen-bond donors (Lipinski definition) is 1. The number of rotatable bonds is 2. The molecule has 3 rings (SSSR count). The predicted molar refractivity (Wildman–Crippen MR) is 70.5 cm³/mol. The lowest BCUT2D eigenvalue weighted by atomic mass is 10.2. The van der Waals surface area contributed by atoms with Crippen molar-refractivity contribution in [3.05, 3.63) is 24.5 Å². The van der Waals surface area contributed by atoms with Crippen LogP contribution in [0.2, 0.25) is 0 Å². The third-order valence-corrected chi connectivity index (χ3v) is 3.55. The Bertz CT molecular complexity index is 604. The standard InChI is InChI=1S/C13H16N4O/c1-14-9-5-13(18)17(7-9)10-3-4-12-11(6-10)15-8-16(12)2/h3-4,6,8-9,14H,5,7H2,1-2H3. The summed E-state index contributed by atoms with van der Waals surface area (Å²) in [5, 5.41) is 3.15. The number of carbonyl (C=O) groups is 1. The second kappa shape index (κ2) is 4.10. The van der Waals surface area contributed by atoms with Crippen LogP contribution in [-0.4, -0.2) is 35.1 Å². The molecule has 0 spiro atoms. The maximum absolute atomic E-state index is 11.9. The van der Waals surface area contributed by atoms with Gasteiger partial charge in [0, 0.05) is 31.7 Å². The zero-order chi connectivity index (χ0) is 12.7. The Morgan fingerprint density at radius 1 is 1.44 bits per heavy atom. The molecule has 1 aromatic carbocycles. The van der Waals surface area contributed by atoms with Crippen molar-refractivity contribution in [3.63, 3.8) is 0 Å². The van der Waals surface area contributed by atoms with Gasteiger partial charge in [-0.3, -0.25) is 4.79 Å². The van der Waals surface area contributed by atoms with Crippen molar-refractivity contribution in [2.75, 3.05) is 18.5 Å². The molecule has 2 aromatic rings. The minimum absolute atomic E-state index is 0.171. The summed E-state index contributed by atoms with van der Waals surface area (Å²) in [4.78, 5) is 18.1. The lowest BCUT2D eigenvalue weighted by Crippen LogP contribution is -2.30. The highest BCUT2D eigenvalue weighted by atomic mass is 16.2. The number of hydrogen-bond acceptors (Lipinski definition) is 3. The highest BCUT2D eigenvalue weighted by Crippen LogP contribution is 2.25. The van der Waals surface area contributed by atoms with Gasteiger partial charge in [-0.05, 0) is 25.2 Å². The fraction of sp³-hybridized carbons (Fsp3) is 0.385. The minimum atomic E-state index is 0.171. The van der Waals surface area contributed by atoms with Crippen molar-refractivity contribution >= 4 is 22.6 Å². The zero-order valence-corrected chi connectivity index (χ0v) is 10.6. The summed E-state index contributed by atoms with van der Waals surface area (Å²) >= 11 is 0. The Hall–Kier alpha value is -1.88. The van der Waals surface area contributed by atoms with Gasteiger partial charge in [-0.25, -0.2) is 4.98 Å². The Labute approximate surface area is 105 Å². The SMILES string of the molecule is CNC1CC(=O)N(c2ccc3c(c2)ncn3C)C1. The van der Waals surface area contributed by atoms with Crippen molar-refractivity contribution in [3.8, 4) is 0 Å². The normalized spacial score (nSPS) is 20.0. The summed E-state index contributed by atoms with van der Waals surface area (Å²) in [5.74, 6) is 0.171. The van der Waals surface area contributed by atoms with E-state index in [2.05, 4.69) is 10.3 Å². The first-order valence-electron chi connectivity index (χ1n) is 6.08. The van der Waals surface area contributed by atoms with Crippen LogP contribution in [0.3, 0.4) is 0 Å². The first kappa shape index (κ1) is 11.2. The lowest BCUT2D eigenvalue weighted by Gasteiger charge is -2.16. The Kier molecular flexibility index (Phi) is 2.56. The molecule has 1 unspecified atom stereocenters. The largest absolute Gasteiger partial charge is 0.334 e. The highest BCUT2D eigenvalue weighted by molar-refractivity contribution is 5.97. The number of aryl methyl sites for hydroxylation is 1. The van der Waals surface area contributed by atoms with Crippen LogP contribution in [0.25, 0.3) is 11.0 Å². The number of likely N-dealkylation sites (N-methyl/N-ethyl adjacent to an activating group) is 1. The molecule has 1 N–H and O–H groups in total. The van der Waals surface area contributed by atoms with E-state index in [4.69, 9.17) is 0 Å². The molecule has 1 atom stereocenters. The van der Waals surface area contributed by atoms with E-state index in [-0.39, 0.29) is 11.9 Å². The average molecular weight is 244 g/mol. The monoisotopic (exact) mass is 244 g/mol. The van der Waals surface area contributed by atoms with Gasteiger partial charge in [0.2, 0.25) is 5.91 Å². The van der Waals surface area contributed by atoms with Crippen LogP contribution < -0.4 is 10.2 Å². The number of fused-ring (bicyclic) bond motifs is 1. The Morgan fingerprint density at radius 2 is 2.28 bits per heavy atom. The van der Waals surface area contributed by atoms with Crippen LogP contribution in [-0.2, 0) is 11.8 Å². The van der Waals surface area contributed by atoms with Crippen molar-refractivity contribution in [2.24, 2.45) is 7.05 Å². The molecule has 18 heavy (non-hydrogen) atoms. The van der Waals surface area contributed by atoms with Crippen molar-refractivity contribution in [1.29, 1.82) is 0 Å². The smallest absolute Gasteiger partial charge is 0.228 e. The Balaban J connectivity index is 1.97. The molecule has 1 aromatic heterocycles. The van der Waals surface area contributed by atoms with Gasteiger partial charge in [0.1, 0.15) is 0 Å². The molecule has 0 radical (unpaired) electrons. The number of nitrogens with one attached hydrogen (secondary N) is 1. The summed E-state index contributed by atoms with van der Waals surface area (Å²) in [7, 11) is 3.86. The van der Waals surface area contributed by atoms with Crippen molar-refractivity contribution < 1.29 is 4.79 Å². The van der Waals surface area contributed by atoms with Crippen LogP contribution >= 0.6 is 0 Å². The zero-order valence-electron chi connectivity index (χ0n) is 10.6. The number of nitrogens with zero attached hydrogens (tertiary/aromatic N) is 3. The van der Waals surface area contributed by atoms with Gasteiger partial charge < -0.3 is 14.8 Å². The second-order valence-electron chi connectivity index (χ2n) is 4.72. The molecular weight excluding hydrogens is 228 g/mol. The van der Waals surface area contributed by atoms with Gasteiger partial charge in [0.25, 0.3) is 0 Å². The molecule has 1 amide bonds. The molecular formula is C13H16N4O. The fourth-order valence-corrected chi connectivity index (χ4v) is 2.44. The van der Waals surface area contributed by atoms with Crippen LogP contribution in [0.15, 0.2) is 24.5 Å². The third-order valence-electron chi connectivity index (χ3n) is 3.55. The molecule has 5 heteroatoms. The van der Waals surface area contributed by atoms with E-state index < -0.39 is 0 Å². The Morgan fingerprint density at radius 3 is 3.00 bits per heavy atom. The van der Waals surface area contributed by atoms with Crippen LogP contribution in [0, 0.1) is 0 Å². The molecule has 5 nitrogen and oxygen atoms in total. The summed E-state index contributed by atoms with van der Waals surface area (Å²) < 4.78 is 1.97. The van der Waals surface area contributed by atoms with E-state index in [9.17, 15) is 4.79 Å². The van der Waals surface area contributed by atoms with Crippen LogP contribution in [0.1, 0.15) is 6.42 Å². The molecule has 0 aliphatic carbocycles. The summed E-state index contributed by atoms with van der Waals surface area (Å²) in [6.07, 6.45) is 2.35. The van der Waals surface area contributed by atoms with E-state index in [1.165, 1.54) is 0 Å². The maximum Gasteiger partial charge on any atom is 0.228 e. The predicted octanol–water partition coefficient (Wildman–Crippen LogP) is 0.898. The van der Waals surface area contributed by atoms with E-state index in [1.807, 2.05) is 41.8 Å². The second-order valence-corrected chi connectivity index (χ2v) is 4.72. The molecule has 0 bridgehead atoms. The van der Waals surface area contributed by atoms with Gasteiger partial charge in [-0.1, -0.05) is 0 Å². The molecule has 1 fully saturated rings. The topological polar surface area (TPSA) is 50.2 Å². The quantitative estimate of drug-likeness (QED) is 0.854. The third kappa shape index (κ3) is 1.67. The highest BCUT2D eigenvalue weighted by Gasteiger charge is 2.29. The molecule has 0 saturated carbocycles. The van der Waals surface area contributed by atoms with E-state index >= 15 is 0 Å². The summed E-state index contributed by atoms with van der Waals surface area (Å²) in [6, 6.07) is 6.22. The van der Waals surface area contributed by atoms with E-state index in [0.717, 1.165) is 23.3 Å². The van der Waals surface area contributed by atoms with E-state index in [0.29, 0.717) is 6.42 Å². The number of benzene rings is 1. The number of amides is 1.